The van der Waals surface area contributed by atoms with Crippen molar-refractivity contribution < 1.29 is 0 Å². The molecule has 2 aromatic heterocycles. The Morgan fingerprint density at radius 3 is 2.89 bits per heavy atom. The number of imidazole rings is 1. The molecule has 0 aliphatic rings. The summed E-state index contributed by atoms with van der Waals surface area (Å²) in [6.45, 7) is 1.96. The van der Waals surface area contributed by atoms with Gasteiger partial charge in [0.1, 0.15) is 5.03 Å². The number of fused-ring (bicyclic) bond motifs is 1. The summed E-state index contributed by atoms with van der Waals surface area (Å²) < 4.78 is 0.915. The Bertz CT molecular complexity index is 720. The molecule has 0 bridgehead atoms. The number of nitrogens with zero attached hydrogens (tertiary/aromatic N) is 2. The van der Waals surface area contributed by atoms with Crippen molar-refractivity contribution in [2.75, 3.05) is 5.73 Å². The molecule has 0 fully saturated rings. The standard InChI is InChI=1S/C13H11BrN4S/c1-7-8(15)6-16-12(11(7)14)19-13-17-9-4-2-3-5-10(9)18-13/h2-6H,15H2,1H3,(H,17,18). The highest BCUT2D eigenvalue weighted by molar-refractivity contribution is 9.10. The molecule has 3 rings (SSSR count). The molecular formula is C13H11BrN4S. The van der Waals surface area contributed by atoms with E-state index in [2.05, 4.69) is 30.9 Å². The Morgan fingerprint density at radius 1 is 1.32 bits per heavy atom. The van der Waals surface area contributed by atoms with Gasteiger partial charge in [0.25, 0.3) is 0 Å². The number of anilines is 1. The summed E-state index contributed by atoms with van der Waals surface area (Å²) in [4.78, 5) is 12.1. The SMILES string of the molecule is Cc1c(N)cnc(Sc2nc3ccccc3[nH]2)c1Br. The number of nitrogens with two attached hydrogens (primary N) is 1. The third-order valence-corrected chi connectivity index (χ3v) is 4.95. The van der Waals surface area contributed by atoms with Gasteiger partial charge in [0, 0.05) is 0 Å². The number of pyridine rings is 1. The van der Waals surface area contributed by atoms with Crippen LogP contribution in [0.15, 0.2) is 45.1 Å². The second-order valence-electron chi connectivity index (χ2n) is 4.12. The highest BCUT2D eigenvalue weighted by Gasteiger charge is 2.11. The summed E-state index contributed by atoms with van der Waals surface area (Å²) >= 11 is 5.01. The van der Waals surface area contributed by atoms with Gasteiger partial charge in [-0.05, 0) is 52.3 Å². The minimum atomic E-state index is 0.681. The largest absolute Gasteiger partial charge is 0.397 e. The zero-order valence-corrected chi connectivity index (χ0v) is 12.5. The van der Waals surface area contributed by atoms with Crippen molar-refractivity contribution in [1.82, 2.24) is 15.0 Å². The normalized spacial score (nSPS) is 11.1. The van der Waals surface area contributed by atoms with E-state index in [9.17, 15) is 0 Å². The topological polar surface area (TPSA) is 67.6 Å². The molecule has 3 N–H and O–H groups in total. The highest BCUT2D eigenvalue weighted by Crippen LogP contribution is 2.34. The van der Waals surface area contributed by atoms with Crippen molar-refractivity contribution in [3.8, 4) is 0 Å². The number of halogens is 1. The second-order valence-corrected chi connectivity index (χ2v) is 5.89. The van der Waals surface area contributed by atoms with Crippen LogP contribution in [0.5, 0.6) is 0 Å². The molecule has 6 heteroatoms. The molecule has 3 aromatic rings. The molecule has 0 amide bonds. The van der Waals surface area contributed by atoms with Gasteiger partial charge in [-0.25, -0.2) is 9.97 Å². The van der Waals surface area contributed by atoms with E-state index in [-0.39, 0.29) is 0 Å². The van der Waals surface area contributed by atoms with Crippen LogP contribution in [0, 0.1) is 6.92 Å². The summed E-state index contributed by atoms with van der Waals surface area (Å²) in [5.41, 5.74) is 9.47. The molecule has 1 aromatic carbocycles. The van der Waals surface area contributed by atoms with Crippen LogP contribution in [0.4, 0.5) is 5.69 Å². The van der Waals surface area contributed by atoms with E-state index in [1.54, 1.807) is 6.20 Å². The molecule has 0 saturated carbocycles. The number of benzene rings is 1. The van der Waals surface area contributed by atoms with E-state index in [0.717, 1.165) is 31.3 Å². The molecule has 0 radical (unpaired) electrons. The first-order chi connectivity index (χ1) is 9.15. The molecule has 2 heterocycles. The minimum Gasteiger partial charge on any atom is -0.397 e. The first kappa shape index (κ1) is 12.5. The fourth-order valence-electron chi connectivity index (χ4n) is 1.71. The van der Waals surface area contributed by atoms with Crippen LogP contribution in [0.25, 0.3) is 11.0 Å². The van der Waals surface area contributed by atoms with Crippen molar-refractivity contribution in [2.24, 2.45) is 0 Å². The molecular weight excluding hydrogens is 324 g/mol. The van der Waals surface area contributed by atoms with Crippen LogP contribution in [-0.4, -0.2) is 15.0 Å². The third-order valence-electron chi connectivity index (χ3n) is 2.83. The summed E-state index contributed by atoms with van der Waals surface area (Å²) in [6, 6.07) is 7.94. The number of H-pyrrole nitrogens is 1. The fraction of sp³-hybridized carbons (Fsp3) is 0.0769. The van der Waals surface area contributed by atoms with E-state index >= 15 is 0 Å². The number of hydrogen-bond acceptors (Lipinski definition) is 4. The zero-order valence-electron chi connectivity index (χ0n) is 10.1. The highest BCUT2D eigenvalue weighted by atomic mass is 79.9. The van der Waals surface area contributed by atoms with Crippen molar-refractivity contribution >= 4 is 44.4 Å². The van der Waals surface area contributed by atoms with Crippen LogP contribution < -0.4 is 5.73 Å². The lowest BCUT2D eigenvalue weighted by Gasteiger charge is -2.06. The second kappa shape index (κ2) is 4.86. The van der Waals surface area contributed by atoms with Crippen molar-refractivity contribution in [3.63, 3.8) is 0 Å². The fourth-order valence-corrected chi connectivity index (χ4v) is 3.12. The number of para-hydroxylation sites is 2. The van der Waals surface area contributed by atoms with Gasteiger partial charge in [0.15, 0.2) is 5.16 Å². The maximum atomic E-state index is 5.82. The van der Waals surface area contributed by atoms with Crippen LogP contribution >= 0.6 is 27.7 Å². The summed E-state index contributed by atoms with van der Waals surface area (Å²) in [5.74, 6) is 0. The summed E-state index contributed by atoms with van der Waals surface area (Å²) in [6.07, 6.45) is 1.67. The molecule has 19 heavy (non-hydrogen) atoms. The zero-order chi connectivity index (χ0) is 13.4. The number of nitrogen functional groups attached to an aromatic ring is 1. The van der Waals surface area contributed by atoms with Gasteiger partial charge < -0.3 is 10.7 Å². The van der Waals surface area contributed by atoms with E-state index in [1.807, 2.05) is 31.2 Å². The molecule has 0 unspecified atom stereocenters. The number of nitrogens with one attached hydrogen (secondary N) is 1. The molecule has 0 aliphatic carbocycles. The number of aromatic amines is 1. The minimum absolute atomic E-state index is 0.681. The Hall–Kier alpha value is -1.53. The molecule has 0 saturated heterocycles. The van der Waals surface area contributed by atoms with Gasteiger partial charge in [-0.3, -0.25) is 0 Å². The van der Waals surface area contributed by atoms with Gasteiger partial charge in [0.2, 0.25) is 0 Å². The van der Waals surface area contributed by atoms with Crippen LogP contribution in [0.1, 0.15) is 5.56 Å². The maximum absolute atomic E-state index is 5.82. The van der Waals surface area contributed by atoms with Gasteiger partial charge in [-0.1, -0.05) is 12.1 Å². The van der Waals surface area contributed by atoms with E-state index < -0.39 is 0 Å². The summed E-state index contributed by atoms with van der Waals surface area (Å²) in [7, 11) is 0. The van der Waals surface area contributed by atoms with Crippen molar-refractivity contribution in [3.05, 3.63) is 40.5 Å². The van der Waals surface area contributed by atoms with E-state index in [0.29, 0.717) is 5.69 Å². The van der Waals surface area contributed by atoms with Crippen molar-refractivity contribution in [2.45, 2.75) is 17.1 Å². The van der Waals surface area contributed by atoms with Gasteiger partial charge >= 0.3 is 0 Å². The monoisotopic (exact) mass is 334 g/mol. The maximum Gasteiger partial charge on any atom is 0.172 e. The molecule has 0 aliphatic heterocycles. The Morgan fingerprint density at radius 2 is 2.11 bits per heavy atom. The lowest BCUT2D eigenvalue weighted by Crippen LogP contribution is -1.94. The Labute approximate surface area is 123 Å². The molecule has 96 valence electrons. The van der Waals surface area contributed by atoms with Gasteiger partial charge in [-0.15, -0.1) is 0 Å². The molecule has 0 atom stereocenters. The Balaban J connectivity index is 1.99. The van der Waals surface area contributed by atoms with Crippen LogP contribution in [0.3, 0.4) is 0 Å². The predicted molar refractivity (Wildman–Crippen MR) is 81.3 cm³/mol. The first-order valence-electron chi connectivity index (χ1n) is 5.68. The quantitative estimate of drug-likeness (QED) is 0.748. The number of aromatic nitrogens is 3. The first-order valence-corrected chi connectivity index (χ1v) is 7.29. The van der Waals surface area contributed by atoms with Crippen LogP contribution in [-0.2, 0) is 0 Å². The predicted octanol–water partition coefficient (Wildman–Crippen LogP) is 3.76. The summed E-state index contributed by atoms with van der Waals surface area (Å²) in [5, 5.41) is 1.67. The van der Waals surface area contributed by atoms with Crippen LogP contribution in [0.2, 0.25) is 0 Å². The molecule has 0 spiro atoms. The Kier molecular flexibility index (Phi) is 3.20. The van der Waals surface area contributed by atoms with Gasteiger partial charge in [-0.2, -0.15) is 0 Å². The van der Waals surface area contributed by atoms with Gasteiger partial charge in [0.05, 0.1) is 27.4 Å². The average molecular weight is 335 g/mol. The lowest BCUT2D eigenvalue weighted by atomic mass is 10.3. The molecule has 4 nitrogen and oxygen atoms in total. The van der Waals surface area contributed by atoms with Crippen molar-refractivity contribution in [1.29, 1.82) is 0 Å². The third kappa shape index (κ3) is 2.33. The van der Waals surface area contributed by atoms with E-state index in [1.165, 1.54) is 11.8 Å². The smallest absolute Gasteiger partial charge is 0.172 e. The average Bonchev–Trinajstić information content (AvgIpc) is 2.82. The lowest BCUT2D eigenvalue weighted by molar-refractivity contribution is 1.04. The number of hydrogen-bond donors (Lipinski definition) is 2. The van der Waals surface area contributed by atoms with E-state index in [4.69, 9.17) is 5.73 Å². The number of rotatable bonds is 2.